The highest BCUT2D eigenvalue weighted by Crippen LogP contribution is 2.30. The Hall–Kier alpha value is -1.97. The third kappa shape index (κ3) is 1.26. The van der Waals surface area contributed by atoms with Crippen molar-refractivity contribution in [3.63, 3.8) is 0 Å². The molecule has 0 spiro atoms. The van der Waals surface area contributed by atoms with E-state index in [1.807, 2.05) is 24.3 Å². The van der Waals surface area contributed by atoms with Gasteiger partial charge in [0.1, 0.15) is 11.3 Å². The number of amides is 2. The number of nitrogens with zero attached hydrogens (tertiary/aromatic N) is 1. The first-order valence-electron chi connectivity index (χ1n) is 5.29. The average molecular weight is 216 g/mol. The lowest BCUT2D eigenvalue weighted by Crippen LogP contribution is -2.39. The maximum absolute atomic E-state index is 11.1. The molecule has 0 bridgehead atoms. The van der Waals surface area contributed by atoms with Crippen molar-refractivity contribution in [1.82, 2.24) is 4.90 Å². The zero-order valence-electron chi connectivity index (χ0n) is 8.77. The number of hydrogen-bond acceptors (Lipinski definition) is 2. The quantitative estimate of drug-likeness (QED) is 0.730. The summed E-state index contributed by atoms with van der Waals surface area (Å²) in [6, 6.07) is 7.52. The van der Waals surface area contributed by atoms with E-state index in [1.54, 1.807) is 4.90 Å². The first-order valence-corrected chi connectivity index (χ1v) is 5.29. The van der Waals surface area contributed by atoms with Crippen LogP contribution in [-0.2, 0) is 13.0 Å². The number of benzene rings is 1. The molecule has 2 amide bonds. The van der Waals surface area contributed by atoms with Crippen LogP contribution in [0.4, 0.5) is 4.79 Å². The van der Waals surface area contributed by atoms with Crippen molar-refractivity contribution >= 4 is 17.0 Å². The Morgan fingerprint density at radius 1 is 1.38 bits per heavy atom. The average Bonchev–Trinajstić information content (AvgIpc) is 2.66. The fourth-order valence-electron chi connectivity index (χ4n) is 2.22. The molecule has 4 nitrogen and oxygen atoms in total. The summed E-state index contributed by atoms with van der Waals surface area (Å²) in [5.41, 5.74) is 7.28. The molecule has 2 heterocycles. The topological polar surface area (TPSA) is 59.5 Å². The Labute approximate surface area is 92.6 Å². The van der Waals surface area contributed by atoms with Gasteiger partial charge in [-0.3, -0.25) is 0 Å². The summed E-state index contributed by atoms with van der Waals surface area (Å²) in [5.74, 6) is 0.985. The summed E-state index contributed by atoms with van der Waals surface area (Å²) in [6.07, 6.45) is 0.743. The van der Waals surface area contributed by atoms with E-state index in [0.717, 1.165) is 28.7 Å². The van der Waals surface area contributed by atoms with Crippen LogP contribution in [0.25, 0.3) is 11.0 Å². The van der Waals surface area contributed by atoms with Crippen LogP contribution < -0.4 is 5.73 Å². The fourth-order valence-corrected chi connectivity index (χ4v) is 2.22. The predicted molar refractivity (Wildman–Crippen MR) is 59.9 cm³/mol. The van der Waals surface area contributed by atoms with Crippen molar-refractivity contribution in [2.45, 2.75) is 13.0 Å². The van der Waals surface area contributed by atoms with E-state index in [1.165, 1.54) is 0 Å². The van der Waals surface area contributed by atoms with Gasteiger partial charge in [-0.1, -0.05) is 18.2 Å². The van der Waals surface area contributed by atoms with Crippen LogP contribution in [-0.4, -0.2) is 17.5 Å². The Balaban J connectivity index is 2.11. The number of nitrogens with two attached hydrogens (primary N) is 1. The van der Waals surface area contributed by atoms with E-state index in [4.69, 9.17) is 10.2 Å². The molecule has 0 unspecified atom stereocenters. The minimum absolute atomic E-state index is 0.365. The van der Waals surface area contributed by atoms with Crippen LogP contribution in [0.3, 0.4) is 0 Å². The number of urea groups is 1. The Bertz CT molecular complexity index is 559. The highest BCUT2D eigenvalue weighted by atomic mass is 16.3. The van der Waals surface area contributed by atoms with Gasteiger partial charge in [0, 0.05) is 23.9 Å². The van der Waals surface area contributed by atoms with E-state index in [-0.39, 0.29) is 6.03 Å². The molecule has 2 N–H and O–H groups in total. The number of fused-ring (bicyclic) bond motifs is 3. The zero-order valence-corrected chi connectivity index (χ0v) is 8.77. The molecule has 0 radical (unpaired) electrons. The molecule has 0 fully saturated rings. The Morgan fingerprint density at radius 3 is 3.00 bits per heavy atom. The number of para-hydroxylation sites is 1. The Morgan fingerprint density at radius 2 is 2.19 bits per heavy atom. The van der Waals surface area contributed by atoms with Gasteiger partial charge in [-0.2, -0.15) is 0 Å². The van der Waals surface area contributed by atoms with Crippen molar-refractivity contribution in [3.05, 3.63) is 35.6 Å². The minimum atomic E-state index is -0.365. The maximum Gasteiger partial charge on any atom is 0.315 e. The van der Waals surface area contributed by atoms with Crippen LogP contribution >= 0.6 is 0 Å². The summed E-state index contributed by atoms with van der Waals surface area (Å²) in [7, 11) is 0. The van der Waals surface area contributed by atoms with Gasteiger partial charge in [0.2, 0.25) is 0 Å². The van der Waals surface area contributed by atoms with Gasteiger partial charge >= 0.3 is 6.03 Å². The second-order valence-corrected chi connectivity index (χ2v) is 4.01. The van der Waals surface area contributed by atoms with E-state index in [9.17, 15) is 4.79 Å². The molecule has 16 heavy (non-hydrogen) atoms. The molecule has 1 aromatic heterocycles. The lowest BCUT2D eigenvalue weighted by molar-refractivity contribution is 0.200. The number of rotatable bonds is 0. The minimum Gasteiger partial charge on any atom is -0.461 e. The van der Waals surface area contributed by atoms with Crippen LogP contribution in [0.5, 0.6) is 0 Å². The standard InChI is InChI=1S/C12H12N2O2/c13-12(15)14-6-5-11-9(7-14)8-3-1-2-4-10(8)16-11/h1-4H,5-7H2,(H2,13,15). The van der Waals surface area contributed by atoms with Crippen molar-refractivity contribution < 1.29 is 9.21 Å². The van der Waals surface area contributed by atoms with Crippen LogP contribution in [0, 0.1) is 0 Å². The van der Waals surface area contributed by atoms with Crippen LogP contribution in [0.15, 0.2) is 28.7 Å². The van der Waals surface area contributed by atoms with Crippen molar-refractivity contribution in [2.24, 2.45) is 5.73 Å². The lowest BCUT2D eigenvalue weighted by atomic mass is 10.1. The first-order chi connectivity index (χ1) is 7.75. The van der Waals surface area contributed by atoms with Crippen molar-refractivity contribution in [3.8, 4) is 0 Å². The fraction of sp³-hybridized carbons (Fsp3) is 0.250. The molecule has 1 aliphatic heterocycles. The summed E-state index contributed by atoms with van der Waals surface area (Å²) < 4.78 is 5.74. The van der Waals surface area contributed by atoms with Crippen molar-refractivity contribution in [2.75, 3.05) is 6.54 Å². The van der Waals surface area contributed by atoms with E-state index in [2.05, 4.69) is 0 Å². The summed E-state index contributed by atoms with van der Waals surface area (Å²) in [5, 5.41) is 1.09. The zero-order chi connectivity index (χ0) is 11.1. The maximum atomic E-state index is 11.1. The predicted octanol–water partition coefficient (Wildman–Crippen LogP) is 1.87. The number of hydrogen-bond donors (Lipinski definition) is 1. The second kappa shape index (κ2) is 3.27. The molecule has 82 valence electrons. The molecule has 4 heteroatoms. The van der Waals surface area contributed by atoms with E-state index < -0.39 is 0 Å². The SMILES string of the molecule is NC(=O)N1CCc2oc3ccccc3c2C1. The number of carbonyl (C=O) groups excluding carboxylic acids is 1. The number of carbonyl (C=O) groups is 1. The lowest BCUT2D eigenvalue weighted by Gasteiger charge is -2.24. The molecule has 0 saturated heterocycles. The molecule has 2 aromatic rings. The van der Waals surface area contributed by atoms with Gasteiger partial charge in [-0.15, -0.1) is 0 Å². The molecule has 3 rings (SSSR count). The van der Waals surface area contributed by atoms with E-state index in [0.29, 0.717) is 13.1 Å². The number of primary amides is 1. The van der Waals surface area contributed by atoms with Gasteiger partial charge in [-0.05, 0) is 6.07 Å². The number of furan rings is 1. The van der Waals surface area contributed by atoms with Gasteiger partial charge in [0.15, 0.2) is 0 Å². The third-order valence-electron chi connectivity index (χ3n) is 3.05. The highest BCUT2D eigenvalue weighted by molar-refractivity contribution is 5.83. The smallest absolute Gasteiger partial charge is 0.315 e. The molecule has 0 aliphatic carbocycles. The molecule has 0 saturated carbocycles. The first kappa shape index (κ1) is 9.27. The molecular formula is C12H12N2O2. The van der Waals surface area contributed by atoms with Crippen molar-refractivity contribution in [1.29, 1.82) is 0 Å². The van der Waals surface area contributed by atoms with Gasteiger partial charge in [-0.25, -0.2) is 4.79 Å². The molecular weight excluding hydrogens is 204 g/mol. The van der Waals surface area contributed by atoms with Gasteiger partial charge in [0.05, 0.1) is 6.54 Å². The molecule has 1 aromatic carbocycles. The largest absolute Gasteiger partial charge is 0.461 e. The third-order valence-corrected chi connectivity index (χ3v) is 3.05. The van der Waals surface area contributed by atoms with Crippen LogP contribution in [0.2, 0.25) is 0 Å². The normalized spacial score (nSPS) is 15.1. The van der Waals surface area contributed by atoms with Gasteiger partial charge in [0.25, 0.3) is 0 Å². The Kier molecular flexibility index (Phi) is 1.89. The summed E-state index contributed by atoms with van der Waals surface area (Å²) >= 11 is 0. The molecule has 0 atom stereocenters. The van der Waals surface area contributed by atoms with Gasteiger partial charge < -0.3 is 15.1 Å². The second-order valence-electron chi connectivity index (χ2n) is 4.01. The monoisotopic (exact) mass is 216 g/mol. The van der Waals surface area contributed by atoms with E-state index >= 15 is 0 Å². The summed E-state index contributed by atoms with van der Waals surface area (Å²) in [6.45, 7) is 1.20. The van der Waals surface area contributed by atoms with Crippen LogP contribution in [0.1, 0.15) is 11.3 Å². The highest BCUT2D eigenvalue weighted by Gasteiger charge is 2.23. The summed E-state index contributed by atoms with van der Waals surface area (Å²) in [4.78, 5) is 12.8. The molecule has 1 aliphatic rings.